The highest BCUT2D eigenvalue weighted by Crippen LogP contribution is 2.45. The van der Waals surface area contributed by atoms with E-state index in [0.29, 0.717) is 25.7 Å². The second-order valence-electron chi connectivity index (χ2n) is 27.8. The number of hydrogen-bond donors (Lipinski definition) is 3. The van der Waals surface area contributed by atoms with Crippen molar-refractivity contribution in [3.8, 4) is 0 Å². The molecule has 0 aliphatic carbocycles. The zero-order valence-electron chi connectivity index (χ0n) is 61.4. The van der Waals surface area contributed by atoms with Gasteiger partial charge in [-0.3, -0.25) is 37.3 Å². The monoisotopic (exact) mass is 1380 g/mol. The highest BCUT2D eigenvalue weighted by atomic mass is 31.2. The zero-order valence-corrected chi connectivity index (χ0v) is 63.2. The molecule has 5 unspecified atom stereocenters. The van der Waals surface area contributed by atoms with Gasteiger partial charge in [-0.2, -0.15) is 0 Å². The molecule has 0 radical (unpaired) electrons. The lowest BCUT2D eigenvalue weighted by Gasteiger charge is -2.21. The summed E-state index contributed by atoms with van der Waals surface area (Å²) < 4.78 is 68.5. The molecular weight excluding hydrogens is 1230 g/mol. The molecule has 0 aromatic rings. The van der Waals surface area contributed by atoms with Gasteiger partial charge in [-0.25, -0.2) is 9.13 Å². The molecule has 17 nitrogen and oxygen atoms in total. The Morgan fingerprint density at radius 3 is 0.755 bits per heavy atom. The van der Waals surface area contributed by atoms with E-state index in [0.717, 1.165) is 108 Å². The van der Waals surface area contributed by atoms with E-state index in [9.17, 15) is 43.2 Å². The second-order valence-corrected chi connectivity index (χ2v) is 30.7. The second kappa shape index (κ2) is 65.7. The van der Waals surface area contributed by atoms with Crippen molar-refractivity contribution in [1.29, 1.82) is 0 Å². The summed E-state index contributed by atoms with van der Waals surface area (Å²) in [7, 11) is -9.91. The molecule has 0 aliphatic heterocycles. The van der Waals surface area contributed by atoms with Crippen LogP contribution < -0.4 is 0 Å². The van der Waals surface area contributed by atoms with Gasteiger partial charge in [-0.1, -0.05) is 331 Å². The van der Waals surface area contributed by atoms with Crippen molar-refractivity contribution in [3.05, 3.63) is 0 Å². The lowest BCUT2D eigenvalue weighted by Crippen LogP contribution is -2.30. The number of aliphatic hydroxyl groups excluding tert-OH is 1. The minimum atomic E-state index is -4.96. The molecule has 3 N–H and O–H groups in total. The summed E-state index contributed by atoms with van der Waals surface area (Å²) in [5.74, 6) is 0.305. The predicted molar refractivity (Wildman–Crippen MR) is 381 cm³/mol. The van der Waals surface area contributed by atoms with E-state index in [-0.39, 0.29) is 25.7 Å². The molecule has 0 fully saturated rings. The Labute approximate surface area is 575 Å². The average molecular weight is 1380 g/mol. The van der Waals surface area contributed by atoms with Gasteiger partial charge in [0.1, 0.15) is 19.3 Å². The number of phosphoric ester groups is 2. The molecule has 0 aromatic heterocycles. The summed E-state index contributed by atoms with van der Waals surface area (Å²) in [5, 5.41) is 10.6. The molecule has 558 valence electrons. The number of rotatable bonds is 73. The van der Waals surface area contributed by atoms with Crippen molar-refractivity contribution in [3.63, 3.8) is 0 Å². The first-order valence-electron chi connectivity index (χ1n) is 39.0. The lowest BCUT2D eigenvalue weighted by atomic mass is 9.99. The molecule has 0 spiro atoms. The first kappa shape index (κ1) is 92.1. The van der Waals surface area contributed by atoms with Crippen LogP contribution in [0.25, 0.3) is 0 Å². The fourth-order valence-electron chi connectivity index (χ4n) is 11.3. The average Bonchev–Trinajstić information content (AvgIpc) is 1.67. The fraction of sp³-hybridized carbons (Fsp3) is 0.947. The molecule has 0 amide bonds. The molecule has 0 aromatic carbocycles. The number of hydrogen-bond acceptors (Lipinski definition) is 15. The first-order valence-corrected chi connectivity index (χ1v) is 42.0. The molecule has 0 bridgehead atoms. The van der Waals surface area contributed by atoms with Crippen LogP contribution in [0, 0.1) is 17.8 Å². The Morgan fingerprint density at radius 2 is 0.511 bits per heavy atom. The Morgan fingerprint density at radius 1 is 0.298 bits per heavy atom. The Balaban J connectivity index is 5.25. The van der Waals surface area contributed by atoms with Crippen LogP contribution in [0.3, 0.4) is 0 Å². The number of aliphatic hydroxyl groups is 1. The van der Waals surface area contributed by atoms with Crippen molar-refractivity contribution in [2.75, 3.05) is 39.6 Å². The minimum absolute atomic E-state index is 0.105. The van der Waals surface area contributed by atoms with Gasteiger partial charge in [0.05, 0.1) is 26.4 Å². The third-order valence-corrected chi connectivity index (χ3v) is 20.4. The summed E-state index contributed by atoms with van der Waals surface area (Å²) in [5.41, 5.74) is 0. The first-order chi connectivity index (χ1) is 45.3. The van der Waals surface area contributed by atoms with Gasteiger partial charge < -0.3 is 33.8 Å². The summed E-state index contributed by atoms with van der Waals surface area (Å²) in [6, 6.07) is 0. The van der Waals surface area contributed by atoms with E-state index in [1.54, 1.807) is 0 Å². The van der Waals surface area contributed by atoms with Gasteiger partial charge in [-0.05, 0) is 43.4 Å². The van der Waals surface area contributed by atoms with Gasteiger partial charge >= 0.3 is 39.5 Å². The van der Waals surface area contributed by atoms with Crippen LogP contribution in [0.4, 0.5) is 0 Å². The maximum Gasteiger partial charge on any atom is 0.472 e. The maximum atomic E-state index is 13.1. The SMILES string of the molecule is CCCCCCCCCCCCC(=O)OC[C@H](COP(=O)(O)OC[C@H](O)COP(=O)(O)OC[C@@H](COC(=O)CCCCCCCCCCCCC(C)CC)OC(=O)CCCCCCCCCCCCCCCCC(C)CC)OC(=O)CCCCCCCCCCC(C)CC. The number of esters is 4. The van der Waals surface area contributed by atoms with Crippen LogP contribution in [-0.4, -0.2) is 96.7 Å². The van der Waals surface area contributed by atoms with Crippen LogP contribution >= 0.6 is 15.6 Å². The number of unbranched alkanes of at least 4 members (excludes halogenated alkanes) is 38. The molecule has 0 saturated heterocycles. The minimum Gasteiger partial charge on any atom is -0.462 e. The molecule has 19 heteroatoms. The lowest BCUT2D eigenvalue weighted by molar-refractivity contribution is -0.161. The number of phosphoric acid groups is 2. The van der Waals surface area contributed by atoms with E-state index in [2.05, 4.69) is 48.5 Å². The Kier molecular flexibility index (Phi) is 64.3. The van der Waals surface area contributed by atoms with Gasteiger partial charge in [0, 0.05) is 25.7 Å². The third kappa shape index (κ3) is 64.7. The maximum absolute atomic E-state index is 13.1. The van der Waals surface area contributed by atoms with E-state index >= 15 is 0 Å². The standard InChI is InChI=1S/C75H146O17P2/c1-8-12-13-14-15-16-27-35-42-49-56-72(77)85-63-71(92-75(80)59-52-45-38-31-30-34-41-48-55-68(7)11-4)65-90-94(83,84)88-61-69(76)60-87-93(81,82)89-64-70(62-86-73(78)57-50-43-36-28-24-23-26-33-40-47-54-67(6)10-3)91-74(79)58-51-44-37-29-22-20-18-17-19-21-25-32-39-46-53-66(5)9-2/h66-71,76H,8-65H2,1-7H3,(H,81,82)(H,83,84)/t66?,67?,68?,69-,70-,71-/m1/s1. The molecular formula is C75H146O17P2. The normalized spacial score (nSPS) is 15.0. The predicted octanol–water partition coefficient (Wildman–Crippen LogP) is 21.8. The van der Waals surface area contributed by atoms with Gasteiger partial charge in [0.2, 0.25) is 0 Å². The van der Waals surface area contributed by atoms with Crippen LogP contribution in [0.5, 0.6) is 0 Å². The van der Waals surface area contributed by atoms with E-state index in [4.69, 9.17) is 37.0 Å². The Bertz CT molecular complexity index is 1840. The molecule has 94 heavy (non-hydrogen) atoms. The van der Waals surface area contributed by atoms with Crippen molar-refractivity contribution >= 4 is 39.5 Å². The number of ether oxygens (including phenoxy) is 4. The summed E-state index contributed by atoms with van der Waals surface area (Å²) >= 11 is 0. The number of carbonyl (C=O) groups is 4. The van der Waals surface area contributed by atoms with E-state index in [1.165, 1.54) is 193 Å². The van der Waals surface area contributed by atoms with Crippen LogP contribution in [-0.2, 0) is 65.4 Å². The molecule has 0 rings (SSSR count). The van der Waals surface area contributed by atoms with Crippen LogP contribution in [0.1, 0.15) is 382 Å². The van der Waals surface area contributed by atoms with Crippen molar-refractivity contribution < 1.29 is 80.2 Å². The number of carbonyl (C=O) groups excluding carboxylic acids is 4. The highest BCUT2D eigenvalue weighted by molar-refractivity contribution is 7.47. The van der Waals surface area contributed by atoms with E-state index < -0.39 is 97.5 Å². The Hall–Kier alpha value is -1.94. The molecule has 8 atom stereocenters. The summed E-state index contributed by atoms with van der Waals surface area (Å²) in [6.45, 7) is 12.0. The van der Waals surface area contributed by atoms with Crippen LogP contribution in [0.15, 0.2) is 0 Å². The van der Waals surface area contributed by atoms with Crippen LogP contribution in [0.2, 0.25) is 0 Å². The zero-order chi connectivity index (χ0) is 69.4. The van der Waals surface area contributed by atoms with Gasteiger partial charge in [0.15, 0.2) is 12.2 Å². The fourth-order valence-corrected chi connectivity index (χ4v) is 12.9. The summed E-state index contributed by atoms with van der Waals surface area (Å²) in [4.78, 5) is 72.8. The highest BCUT2D eigenvalue weighted by Gasteiger charge is 2.30. The van der Waals surface area contributed by atoms with Crippen molar-refractivity contribution in [2.24, 2.45) is 17.8 Å². The molecule has 0 aliphatic rings. The summed E-state index contributed by atoms with van der Waals surface area (Å²) in [6.07, 6.45) is 51.1. The quantitative estimate of drug-likeness (QED) is 0.0222. The molecule has 0 heterocycles. The smallest absolute Gasteiger partial charge is 0.462 e. The third-order valence-electron chi connectivity index (χ3n) is 18.5. The topological polar surface area (TPSA) is 237 Å². The molecule has 0 saturated carbocycles. The largest absolute Gasteiger partial charge is 0.472 e. The van der Waals surface area contributed by atoms with Crippen molar-refractivity contribution in [2.45, 2.75) is 401 Å². The van der Waals surface area contributed by atoms with Crippen molar-refractivity contribution in [1.82, 2.24) is 0 Å². The van der Waals surface area contributed by atoms with Gasteiger partial charge in [-0.15, -0.1) is 0 Å². The van der Waals surface area contributed by atoms with E-state index in [1.807, 2.05) is 0 Å². The van der Waals surface area contributed by atoms with Gasteiger partial charge in [0.25, 0.3) is 0 Å².